The first-order valence-corrected chi connectivity index (χ1v) is 4.67. The second-order valence-corrected chi connectivity index (χ2v) is 3.20. The fourth-order valence-corrected chi connectivity index (χ4v) is 1.19. The molecule has 0 saturated heterocycles. The Bertz CT molecular complexity index is 112. The molecule has 0 saturated carbocycles. The van der Waals surface area contributed by atoms with Gasteiger partial charge in [-0.05, 0) is 25.7 Å². The number of rotatable bonds is 7. The van der Waals surface area contributed by atoms with Crippen molar-refractivity contribution in [1.29, 1.82) is 0 Å². The standard InChI is InChI=1S/C10H20O2/c1-3-5-7-10(12)8-9(11)6-4-2/h3,9-12H,1,4-8H2,2H3. The van der Waals surface area contributed by atoms with E-state index in [1.807, 2.05) is 6.92 Å². The first-order chi connectivity index (χ1) is 5.70. The molecule has 12 heavy (non-hydrogen) atoms. The van der Waals surface area contributed by atoms with Crippen LogP contribution in [0.1, 0.15) is 39.0 Å². The summed E-state index contributed by atoms with van der Waals surface area (Å²) < 4.78 is 0. The van der Waals surface area contributed by atoms with E-state index in [1.165, 1.54) is 0 Å². The van der Waals surface area contributed by atoms with Crippen molar-refractivity contribution in [2.75, 3.05) is 0 Å². The van der Waals surface area contributed by atoms with Gasteiger partial charge in [0, 0.05) is 0 Å². The maximum atomic E-state index is 9.37. The van der Waals surface area contributed by atoms with Gasteiger partial charge in [-0.25, -0.2) is 0 Å². The lowest BCUT2D eigenvalue weighted by molar-refractivity contribution is 0.0713. The van der Waals surface area contributed by atoms with Gasteiger partial charge in [-0.1, -0.05) is 19.4 Å². The van der Waals surface area contributed by atoms with Gasteiger partial charge < -0.3 is 10.2 Å². The van der Waals surface area contributed by atoms with Crippen molar-refractivity contribution in [3.8, 4) is 0 Å². The molecule has 0 aliphatic carbocycles. The minimum Gasteiger partial charge on any atom is -0.393 e. The molecule has 0 aromatic rings. The highest BCUT2D eigenvalue weighted by molar-refractivity contribution is 4.71. The molecular weight excluding hydrogens is 152 g/mol. The summed E-state index contributed by atoms with van der Waals surface area (Å²) in [5.74, 6) is 0. The Balaban J connectivity index is 3.39. The summed E-state index contributed by atoms with van der Waals surface area (Å²) in [5.41, 5.74) is 0. The van der Waals surface area contributed by atoms with E-state index in [0.29, 0.717) is 12.8 Å². The predicted octanol–water partition coefficient (Wildman–Crippen LogP) is 1.86. The number of allylic oxidation sites excluding steroid dienone is 1. The zero-order chi connectivity index (χ0) is 9.40. The Hall–Kier alpha value is -0.340. The van der Waals surface area contributed by atoms with Gasteiger partial charge in [-0.15, -0.1) is 6.58 Å². The Morgan fingerprint density at radius 1 is 1.25 bits per heavy atom. The third-order valence-corrected chi connectivity index (χ3v) is 1.87. The summed E-state index contributed by atoms with van der Waals surface area (Å²) in [6.07, 6.45) is 4.86. The van der Waals surface area contributed by atoms with E-state index in [9.17, 15) is 10.2 Å². The first-order valence-electron chi connectivity index (χ1n) is 4.67. The summed E-state index contributed by atoms with van der Waals surface area (Å²) in [6, 6.07) is 0. The SMILES string of the molecule is C=CCCC(O)CC(O)CCC. The fourth-order valence-electron chi connectivity index (χ4n) is 1.19. The maximum Gasteiger partial charge on any atom is 0.0567 e. The van der Waals surface area contributed by atoms with E-state index < -0.39 is 0 Å². The second-order valence-electron chi connectivity index (χ2n) is 3.20. The van der Waals surface area contributed by atoms with E-state index in [4.69, 9.17) is 0 Å². The molecule has 0 rings (SSSR count). The number of aliphatic hydroxyl groups is 2. The molecular formula is C10H20O2. The summed E-state index contributed by atoms with van der Waals surface area (Å²) in [6.45, 7) is 5.60. The fraction of sp³-hybridized carbons (Fsp3) is 0.800. The van der Waals surface area contributed by atoms with Crippen LogP contribution in [-0.2, 0) is 0 Å². The largest absolute Gasteiger partial charge is 0.393 e. The summed E-state index contributed by atoms with van der Waals surface area (Å²) >= 11 is 0. The van der Waals surface area contributed by atoms with E-state index in [1.54, 1.807) is 6.08 Å². The highest BCUT2D eigenvalue weighted by Gasteiger charge is 2.09. The molecule has 0 heterocycles. The molecule has 2 nitrogen and oxygen atoms in total. The number of hydrogen-bond acceptors (Lipinski definition) is 2. The average molecular weight is 172 g/mol. The van der Waals surface area contributed by atoms with Crippen LogP contribution in [0.15, 0.2) is 12.7 Å². The van der Waals surface area contributed by atoms with Gasteiger partial charge in [0.05, 0.1) is 12.2 Å². The van der Waals surface area contributed by atoms with Crippen LogP contribution in [0.4, 0.5) is 0 Å². The van der Waals surface area contributed by atoms with Crippen LogP contribution in [0.3, 0.4) is 0 Å². The Morgan fingerprint density at radius 2 is 1.83 bits per heavy atom. The Morgan fingerprint density at radius 3 is 2.33 bits per heavy atom. The average Bonchev–Trinajstić information content (AvgIpc) is 2.01. The molecule has 0 radical (unpaired) electrons. The third kappa shape index (κ3) is 6.38. The van der Waals surface area contributed by atoms with E-state index >= 15 is 0 Å². The van der Waals surface area contributed by atoms with Crippen molar-refractivity contribution in [3.05, 3.63) is 12.7 Å². The van der Waals surface area contributed by atoms with Crippen molar-refractivity contribution in [2.45, 2.75) is 51.2 Å². The molecule has 2 atom stereocenters. The molecule has 2 heteroatoms. The van der Waals surface area contributed by atoms with Crippen molar-refractivity contribution < 1.29 is 10.2 Å². The van der Waals surface area contributed by atoms with Crippen LogP contribution < -0.4 is 0 Å². The smallest absolute Gasteiger partial charge is 0.0567 e. The van der Waals surface area contributed by atoms with Crippen LogP contribution in [-0.4, -0.2) is 22.4 Å². The highest BCUT2D eigenvalue weighted by atomic mass is 16.3. The lowest BCUT2D eigenvalue weighted by Gasteiger charge is -2.13. The highest BCUT2D eigenvalue weighted by Crippen LogP contribution is 2.09. The van der Waals surface area contributed by atoms with Gasteiger partial charge in [-0.2, -0.15) is 0 Å². The molecule has 0 amide bonds. The van der Waals surface area contributed by atoms with Crippen molar-refractivity contribution in [1.82, 2.24) is 0 Å². The lowest BCUT2D eigenvalue weighted by atomic mass is 10.0. The van der Waals surface area contributed by atoms with Crippen molar-refractivity contribution in [3.63, 3.8) is 0 Å². The summed E-state index contributed by atoms with van der Waals surface area (Å²) in [5, 5.41) is 18.7. The third-order valence-electron chi connectivity index (χ3n) is 1.87. The summed E-state index contributed by atoms with van der Waals surface area (Å²) in [4.78, 5) is 0. The Labute approximate surface area is 74.9 Å². The molecule has 0 aromatic heterocycles. The molecule has 0 bridgehead atoms. The topological polar surface area (TPSA) is 40.5 Å². The van der Waals surface area contributed by atoms with Gasteiger partial charge in [-0.3, -0.25) is 0 Å². The van der Waals surface area contributed by atoms with Crippen LogP contribution in [0.25, 0.3) is 0 Å². The Kier molecular flexibility index (Phi) is 7.11. The number of hydrogen-bond donors (Lipinski definition) is 2. The van der Waals surface area contributed by atoms with Gasteiger partial charge in [0.25, 0.3) is 0 Å². The molecule has 0 aromatic carbocycles. The summed E-state index contributed by atoms with van der Waals surface area (Å²) in [7, 11) is 0. The van der Waals surface area contributed by atoms with Gasteiger partial charge in [0.15, 0.2) is 0 Å². The van der Waals surface area contributed by atoms with Crippen LogP contribution in [0.2, 0.25) is 0 Å². The molecule has 2 unspecified atom stereocenters. The van der Waals surface area contributed by atoms with Crippen molar-refractivity contribution >= 4 is 0 Å². The molecule has 2 N–H and O–H groups in total. The first kappa shape index (κ1) is 11.7. The minimum absolute atomic E-state index is 0.338. The van der Waals surface area contributed by atoms with E-state index in [0.717, 1.165) is 19.3 Å². The van der Waals surface area contributed by atoms with Crippen molar-refractivity contribution in [2.24, 2.45) is 0 Å². The van der Waals surface area contributed by atoms with E-state index in [-0.39, 0.29) is 12.2 Å². The molecule has 72 valence electrons. The second kappa shape index (κ2) is 7.32. The quantitative estimate of drug-likeness (QED) is 0.575. The zero-order valence-electron chi connectivity index (χ0n) is 7.87. The van der Waals surface area contributed by atoms with Crippen LogP contribution in [0, 0.1) is 0 Å². The normalized spacial score (nSPS) is 15.6. The number of aliphatic hydroxyl groups excluding tert-OH is 2. The lowest BCUT2D eigenvalue weighted by Crippen LogP contribution is -2.17. The predicted molar refractivity (Wildman–Crippen MR) is 51.0 cm³/mol. The molecule has 0 aliphatic heterocycles. The zero-order valence-corrected chi connectivity index (χ0v) is 7.87. The molecule has 0 fully saturated rings. The van der Waals surface area contributed by atoms with Gasteiger partial charge in [0.2, 0.25) is 0 Å². The minimum atomic E-state index is -0.371. The monoisotopic (exact) mass is 172 g/mol. The van der Waals surface area contributed by atoms with Gasteiger partial charge >= 0.3 is 0 Å². The van der Waals surface area contributed by atoms with Crippen LogP contribution >= 0.6 is 0 Å². The van der Waals surface area contributed by atoms with Crippen LogP contribution in [0.5, 0.6) is 0 Å². The van der Waals surface area contributed by atoms with Gasteiger partial charge in [0.1, 0.15) is 0 Å². The molecule has 0 aliphatic rings. The van der Waals surface area contributed by atoms with E-state index in [2.05, 4.69) is 6.58 Å². The molecule has 0 spiro atoms. The maximum absolute atomic E-state index is 9.37.